The predicted octanol–water partition coefficient (Wildman–Crippen LogP) is 2.32. The summed E-state index contributed by atoms with van der Waals surface area (Å²) in [5.74, 6) is -3.52. The van der Waals surface area contributed by atoms with Gasteiger partial charge in [0.1, 0.15) is 12.2 Å². The molecule has 0 bridgehead atoms. The molecule has 0 aromatic carbocycles. The summed E-state index contributed by atoms with van der Waals surface area (Å²) in [4.78, 5) is 23.4. The van der Waals surface area contributed by atoms with Crippen LogP contribution in [0.4, 0.5) is 36.4 Å². The summed E-state index contributed by atoms with van der Waals surface area (Å²) < 4.78 is 90.0. The van der Waals surface area contributed by atoms with Gasteiger partial charge in [-0.25, -0.2) is 17.6 Å². The Kier molecular flexibility index (Phi) is 5.94. The number of hydrogen-bond donors (Lipinski definition) is 2. The molecule has 0 saturated carbocycles. The highest BCUT2D eigenvalue weighted by molar-refractivity contribution is 5.92. The second-order valence-electron chi connectivity index (χ2n) is 5.79. The first kappa shape index (κ1) is 20.2. The molecule has 0 radical (unpaired) electrons. The Hall–Kier alpha value is -2.11. The molecule has 2 rings (SSSR count). The molecule has 5 nitrogen and oxygen atoms in total. The van der Waals surface area contributed by atoms with Crippen molar-refractivity contribution in [1.29, 1.82) is 0 Å². The fourth-order valence-electron chi connectivity index (χ4n) is 2.61. The molecule has 148 valence electrons. The first-order valence-electron chi connectivity index (χ1n) is 7.42. The quantitative estimate of drug-likeness (QED) is 0.775. The molecule has 1 amide bonds. The van der Waals surface area contributed by atoms with Crippen molar-refractivity contribution >= 4 is 11.6 Å². The van der Waals surface area contributed by atoms with Gasteiger partial charge >= 0.3 is 6.18 Å². The van der Waals surface area contributed by atoms with Crippen LogP contribution in [0.2, 0.25) is 0 Å². The van der Waals surface area contributed by atoms with Crippen molar-refractivity contribution in [2.45, 2.75) is 37.8 Å². The molecule has 1 saturated heterocycles. The summed E-state index contributed by atoms with van der Waals surface area (Å²) in [5, 5.41) is 3.99. The van der Waals surface area contributed by atoms with E-state index in [1.165, 1.54) is 0 Å². The number of nitrogens with zero attached hydrogens (tertiary/aromatic N) is 1. The molecule has 0 aliphatic carbocycles. The number of carbonyl (C=O) groups is 1. The van der Waals surface area contributed by atoms with Crippen LogP contribution in [0.25, 0.3) is 0 Å². The number of carbonyl (C=O) groups excluding carboxylic acids is 1. The zero-order valence-electron chi connectivity index (χ0n) is 13.0. The second-order valence-corrected chi connectivity index (χ2v) is 5.79. The van der Waals surface area contributed by atoms with Crippen LogP contribution in [0.5, 0.6) is 0 Å². The minimum atomic E-state index is -4.81. The normalized spacial score (nSPS) is 23.9. The van der Waals surface area contributed by atoms with Crippen LogP contribution < -0.4 is 16.2 Å². The maximum Gasteiger partial charge on any atom is 0.406 e. The molecule has 3 unspecified atom stereocenters. The second kappa shape index (κ2) is 7.64. The number of rotatable bonds is 4. The van der Waals surface area contributed by atoms with Gasteiger partial charge in [-0.2, -0.15) is 13.2 Å². The maximum absolute atomic E-state index is 13.7. The number of aromatic nitrogens is 1. The molecule has 26 heavy (non-hydrogen) atoms. The van der Waals surface area contributed by atoms with E-state index in [9.17, 15) is 40.3 Å². The first-order valence-corrected chi connectivity index (χ1v) is 7.42. The lowest BCUT2D eigenvalue weighted by Crippen LogP contribution is -2.56. The van der Waals surface area contributed by atoms with E-state index < -0.39 is 67.5 Å². The van der Waals surface area contributed by atoms with Crippen LogP contribution in [-0.2, 0) is 11.3 Å². The highest BCUT2D eigenvalue weighted by Gasteiger charge is 2.48. The SMILES string of the molecule is O=C(Nc1cc(F)c(=O)n(CC(F)F)c1)C1CNC(C(F)(F)F)C(F)C1.[HH]. The number of hydrogen-bond acceptors (Lipinski definition) is 3. The third-order valence-corrected chi connectivity index (χ3v) is 3.82. The summed E-state index contributed by atoms with van der Waals surface area (Å²) in [6.07, 6.45) is -10.1. The summed E-state index contributed by atoms with van der Waals surface area (Å²) >= 11 is 0. The molecule has 12 heteroatoms. The van der Waals surface area contributed by atoms with E-state index in [1.807, 2.05) is 5.32 Å². The summed E-state index contributed by atoms with van der Waals surface area (Å²) in [5.41, 5.74) is -1.67. The Morgan fingerprint density at radius 1 is 1.42 bits per heavy atom. The third-order valence-electron chi connectivity index (χ3n) is 3.82. The summed E-state index contributed by atoms with van der Waals surface area (Å²) in [7, 11) is 0. The van der Waals surface area contributed by atoms with Gasteiger partial charge in [0.25, 0.3) is 12.0 Å². The monoisotopic (exact) mass is 391 g/mol. The molecule has 2 heterocycles. The molecule has 1 aliphatic rings. The Labute approximate surface area is 143 Å². The van der Waals surface area contributed by atoms with E-state index in [-0.39, 0.29) is 7.11 Å². The molecule has 1 aliphatic heterocycles. The van der Waals surface area contributed by atoms with Gasteiger partial charge < -0.3 is 15.2 Å². The van der Waals surface area contributed by atoms with Crippen LogP contribution >= 0.6 is 0 Å². The predicted molar refractivity (Wildman–Crippen MR) is 78.3 cm³/mol. The number of anilines is 1. The van der Waals surface area contributed by atoms with E-state index in [0.717, 1.165) is 6.20 Å². The molecule has 1 aromatic rings. The summed E-state index contributed by atoms with van der Waals surface area (Å²) in [6, 6.07) is -1.80. The lowest BCUT2D eigenvalue weighted by molar-refractivity contribution is -0.177. The molecular formula is C14H16F7N3O2. The van der Waals surface area contributed by atoms with Crippen molar-refractivity contribution in [2.24, 2.45) is 5.92 Å². The number of piperidine rings is 1. The van der Waals surface area contributed by atoms with Crippen molar-refractivity contribution < 1.29 is 37.0 Å². The Balaban J connectivity index is 0.00000364. The van der Waals surface area contributed by atoms with Crippen LogP contribution in [0.15, 0.2) is 17.1 Å². The topological polar surface area (TPSA) is 63.1 Å². The van der Waals surface area contributed by atoms with Gasteiger partial charge in [0.15, 0.2) is 5.82 Å². The standard InChI is InChI=1S/C14H14F7N3O2.H2/c15-8-1-6(3-22-11(8)14(19,20)21)12(25)23-7-2-9(16)13(26)24(4-7)5-10(17)18;/h2,4,6,8,10-11,22H,1,3,5H2,(H,23,25);1H. The number of halogens is 7. The Bertz CT molecular complexity index is 726. The average molecular weight is 391 g/mol. The molecule has 2 N–H and O–H groups in total. The lowest BCUT2D eigenvalue weighted by Gasteiger charge is -2.33. The Morgan fingerprint density at radius 2 is 2.08 bits per heavy atom. The van der Waals surface area contributed by atoms with E-state index in [1.54, 1.807) is 0 Å². The third kappa shape index (κ3) is 4.74. The fourth-order valence-corrected chi connectivity index (χ4v) is 2.61. The van der Waals surface area contributed by atoms with E-state index >= 15 is 0 Å². The molecule has 3 atom stereocenters. The fraction of sp³-hybridized carbons (Fsp3) is 0.571. The van der Waals surface area contributed by atoms with Crippen molar-refractivity contribution in [3.8, 4) is 0 Å². The Morgan fingerprint density at radius 3 is 2.62 bits per heavy atom. The van der Waals surface area contributed by atoms with Gasteiger partial charge in [0.2, 0.25) is 5.91 Å². The van der Waals surface area contributed by atoms with Crippen LogP contribution in [-0.4, -0.2) is 41.8 Å². The van der Waals surface area contributed by atoms with Gasteiger partial charge in [0.05, 0.1) is 18.2 Å². The zero-order valence-corrected chi connectivity index (χ0v) is 13.0. The van der Waals surface area contributed by atoms with Gasteiger partial charge in [-0.05, 0) is 6.42 Å². The smallest absolute Gasteiger partial charge is 0.324 e. The van der Waals surface area contributed by atoms with Gasteiger partial charge in [0, 0.05) is 20.2 Å². The molecular weight excluding hydrogens is 375 g/mol. The van der Waals surface area contributed by atoms with Gasteiger partial charge in [-0.3, -0.25) is 9.59 Å². The van der Waals surface area contributed by atoms with Crippen molar-refractivity contribution in [1.82, 2.24) is 9.88 Å². The first-order chi connectivity index (χ1) is 12.0. The van der Waals surface area contributed by atoms with Crippen LogP contribution in [0.1, 0.15) is 7.85 Å². The highest BCUT2D eigenvalue weighted by Crippen LogP contribution is 2.30. The van der Waals surface area contributed by atoms with Crippen LogP contribution in [0, 0.1) is 11.7 Å². The highest BCUT2D eigenvalue weighted by atomic mass is 19.4. The van der Waals surface area contributed by atoms with Gasteiger partial charge in [-0.15, -0.1) is 0 Å². The van der Waals surface area contributed by atoms with Crippen molar-refractivity contribution in [2.75, 3.05) is 11.9 Å². The number of alkyl halides is 6. The number of amides is 1. The largest absolute Gasteiger partial charge is 0.406 e. The number of nitrogens with one attached hydrogen (secondary N) is 2. The minimum Gasteiger partial charge on any atom is -0.324 e. The van der Waals surface area contributed by atoms with Gasteiger partial charge in [-0.1, -0.05) is 0 Å². The number of pyridine rings is 1. The molecule has 1 fully saturated rings. The maximum atomic E-state index is 13.7. The average Bonchev–Trinajstić information content (AvgIpc) is 2.50. The zero-order chi connectivity index (χ0) is 19.6. The molecule has 1 aromatic heterocycles. The van der Waals surface area contributed by atoms with Crippen molar-refractivity contribution in [3.05, 3.63) is 28.4 Å². The van der Waals surface area contributed by atoms with Crippen LogP contribution in [0.3, 0.4) is 0 Å². The summed E-state index contributed by atoms with van der Waals surface area (Å²) in [6.45, 7) is -1.58. The van der Waals surface area contributed by atoms with Crippen molar-refractivity contribution in [3.63, 3.8) is 0 Å². The minimum absolute atomic E-state index is 0. The van der Waals surface area contributed by atoms with E-state index in [0.29, 0.717) is 10.6 Å². The molecule has 0 spiro atoms. The van der Waals surface area contributed by atoms with E-state index in [2.05, 4.69) is 5.32 Å². The van der Waals surface area contributed by atoms with E-state index in [4.69, 9.17) is 0 Å². The lowest BCUT2D eigenvalue weighted by atomic mass is 9.92.